The molecule has 1 unspecified atom stereocenters. The highest BCUT2D eigenvalue weighted by atomic mass is 35.5. The van der Waals surface area contributed by atoms with Crippen molar-refractivity contribution in [1.29, 1.82) is 0 Å². The van der Waals surface area contributed by atoms with Crippen molar-refractivity contribution in [3.63, 3.8) is 0 Å². The first-order valence-electron chi connectivity index (χ1n) is 5.56. The van der Waals surface area contributed by atoms with Crippen LogP contribution in [0.2, 0.25) is 10.0 Å². The molecule has 1 atom stereocenters. The third-order valence-electron chi connectivity index (χ3n) is 2.78. The number of carboxylic acid groups (broad SMARTS) is 1. The molecule has 104 valence electrons. The molecule has 0 aliphatic heterocycles. The number of hydrogen-bond donors (Lipinski definition) is 2. The average Bonchev–Trinajstić information content (AvgIpc) is 2.39. The molecule has 2 aromatic rings. The fraction of sp³-hybridized carbons (Fsp3) is 0.0714. The Morgan fingerprint density at radius 1 is 1.15 bits per heavy atom. The summed E-state index contributed by atoms with van der Waals surface area (Å²) < 4.78 is 14.3. The lowest BCUT2D eigenvalue weighted by Gasteiger charge is -2.12. The van der Waals surface area contributed by atoms with Crippen LogP contribution in [0.25, 0.3) is 11.1 Å². The van der Waals surface area contributed by atoms with Gasteiger partial charge in [0.05, 0.1) is 0 Å². The predicted octanol–water partition coefficient (Wildman–Crippen LogP) is 3.92. The summed E-state index contributed by atoms with van der Waals surface area (Å²) in [5.41, 5.74) is 0.151. The fourth-order valence-electron chi connectivity index (χ4n) is 1.81. The maximum atomic E-state index is 14.3. The first-order valence-corrected chi connectivity index (χ1v) is 6.32. The van der Waals surface area contributed by atoms with Crippen LogP contribution in [0.3, 0.4) is 0 Å². The molecule has 0 saturated heterocycles. The van der Waals surface area contributed by atoms with E-state index in [2.05, 4.69) is 0 Å². The van der Waals surface area contributed by atoms with Crippen molar-refractivity contribution in [2.45, 2.75) is 6.10 Å². The summed E-state index contributed by atoms with van der Waals surface area (Å²) in [5.74, 6) is -2.35. The zero-order chi connectivity index (χ0) is 14.9. The van der Waals surface area contributed by atoms with Crippen LogP contribution < -0.4 is 0 Å². The molecular weight excluding hydrogens is 306 g/mol. The van der Waals surface area contributed by atoms with Crippen LogP contribution in [0.4, 0.5) is 4.39 Å². The van der Waals surface area contributed by atoms with Gasteiger partial charge in [0.15, 0.2) is 6.10 Å². The van der Waals surface area contributed by atoms with Crippen molar-refractivity contribution in [3.8, 4) is 11.1 Å². The lowest BCUT2D eigenvalue weighted by Crippen LogP contribution is -2.12. The smallest absolute Gasteiger partial charge is 0.337 e. The van der Waals surface area contributed by atoms with Gasteiger partial charge in [0.1, 0.15) is 5.82 Å². The number of rotatable bonds is 3. The van der Waals surface area contributed by atoms with Gasteiger partial charge in [-0.1, -0.05) is 47.5 Å². The molecule has 6 heteroatoms. The van der Waals surface area contributed by atoms with E-state index >= 15 is 0 Å². The highest BCUT2D eigenvalue weighted by Gasteiger charge is 2.22. The Bertz CT molecular complexity index is 673. The van der Waals surface area contributed by atoms with E-state index in [1.807, 2.05) is 0 Å². The van der Waals surface area contributed by atoms with Crippen LogP contribution in [0.1, 0.15) is 11.7 Å². The molecule has 0 spiro atoms. The predicted molar refractivity (Wildman–Crippen MR) is 74.5 cm³/mol. The largest absolute Gasteiger partial charge is 0.479 e. The molecule has 0 saturated carbocycles. The zero-order valence-corrected chi connectivity index (χ0v) is 11.5. The molecule has 0 bridgehead atoms. The minimum Gasteiger partial charge on any atom is -0.479 e. The van der Waals surface area contributed by atoms with Gasteiger partial charge in [-0.3, -0.25) is 0 Å². The molecular formula is C14H9Cl2FO3. The Kier molecular flexibility index (Phi) is 4.28. The Hall–Kier alpha value is -1.62. The highest BCUT2D eigenvalue weighted by molar-refractivity contribution is 6.36. The minimum atomic E-state index is -1.93. The second-order valence-electron chi connectivity index (χ2n) is 4.07. The highest BCUT2D eigenvalue weighted by Crippen LogP contribution is 2.34. The zero-order valence-electron chi connectivity index (χ0n) is 9.98. The van der Waals surface area contributed by atoms with Crippen LogP contribution in [0.15, 0.2) is 36.4 Å². The average molecular weight is 315 g/mol. The standard InChI is InChI=1S/C14H9Cl2FO3/c15-7-4-5-8(11(16)6-7)9-2-1-3-10(12(9)17)13(18)14(19)20/h1-6,13,18H,(H,19,20). The van der Waals surface area contributed by atoms with Crippen LogP contribution in [-0.2, 0) is 4.79 Å². The number of benzene rings is 2. The van der Waals surface area contributed by atoms with Crippen LogP contribution in [0, 0.1) is 5.82 Å². The summed E-state index contributed by atoms with van der Waals surface area (Å²) in [6, 6.07) is 8.63. The van der Waals surface area contributed by atoms with E-state index < -0.39 is 17.9 Å². The van der Waals surface area contributed by atoms with Crippen molar-refractivity contribution < 1.29 is 19.4 Å². The van der Waals surface area contributed by atoms with Gasteiger partial charge in [-0.05, 0) is 12.1 Å². The molecule has 20 heavy (non-hydrogen) atoms. The van der Waals surface area contributed by atoms with E-state index in [0.717, 1.165) is 0 Å². The van der Waals surface area contributed by atoms with E-state index in [1.54, 1.807) is 6.07 Å². The third kappa shape index (κ3) is 2.77. The number of carbonyl (C=O) groups is 1. The van der Waals surface area contributed by atoms with Crippen molar-refractivity contribution in [1.82, 2.24) is 0 Å². The van der Waals surface area contributed by atoms with E-state index in [9.17, 15) is 14.3 Å². The number of halogens is 3. The summed E-state index contributed by atoms with van der Waals surface area (Å²) in [6.07, 6.45) is -1.93. The van der Waals surface area contributed by atoms with Crippen molar-refractivity contribution >= 4 is 29.2 Å². The monoisotopic (exact) mass is 314 g/mol. The Balaban J connectivity index is 2.58. The number of carboxylic acids is 1. The molecule has 3 nitrogen and oxygen atoms in total. The van der Waals surface area contributed by atoms with Crippen LogP contribution in [0.5, 0.6) is 0 Å². The second-order valence-corrected chi connectivity index (χ2v) is 4.92. The Morgan fingerprint density at radius 3 is 2.45 bits per heavy atom. The van der Waals surface area contributed by atoms with Gasteiger partial charge in [-0.15, -0.1) is 0 Å². The second kappa shape index (κ2) is 5.79. The van der Waals surface area contributed by atoms with Crippen LogP contribution >= 0.6 is 23.2 Å². The Labute approximate surface area is 124 Å². The number of aliphatic carboxylic acids is 1. The third-order valence-corrected chi connectivity index (χ3v) is 3.33. The fourth-order valence-corrected chi connectivity index (χ4v) is 2.32. The van der Waals surface area contributed by atoms with Gasteiger partial charge < -0.3 is 10.2 Å². The number of aliphatic hydroxyl groups is 1. The van der Waals surface area contributed by atoms with Gasteiger partial charge in [0.25, 0.3) is 0 Å². The number of hydrogen-bond acceptors (Lipinski definition) is 2. The molecule has 0 aliphatic rings. The SMILES string of the molecule is O=C(O)C(O)c1cccc(-c2ccc(Cl)cc2Cl)c1F. The van der Waals surface area contributed by atoms with E-state index in [0.29, 0.717) is 10.6 Å². The molecule has 0 aromatic heterocycles. The van der Waals surface area contributed by atoms with Gasteiger partial charge in [0, 0.05) is 26.7 Å². The van der Waals surface area contributed by atoms with Crippen molar-refractivity contribution in [2.75, 3.05) is 0 Å². The molecule has 2 N–H and O–H groups in total. The molecule has 0 fully saturated rings. The van der Waals surface area contributed by atoms with Crippen molar-refractivity contribution in [2.24, 2.45) is 0 Å². The van der Waals surface area contributed by atoms with E-state index in [4.69, 9.17) is 28.3 Å². The van der Waals surface area contributed by atoms with E-state index in [-0.39, 0.29) is 16.1 Å². The molecule has 0 heterocycles. The summed E-state index contributed by atoms with van der Waals surface area (Å²) >= 11 is 11.8. The lowest BCUT2D eigenvalue weighted by molar-refractivity contribution is -0.147. The van der Waals surface area contributed by atoms with Crippen molar-refractivity contribution in [3.05, 3.63) is 57.8 Å². The summed E-state index contributed by atoms with van der Waals surface area (Å²) in [7, 11) is 0. The molecule has 2 rings (SSSR count). The maximum absolute atomic E-state index is 14.3. The first kappa shape index (κ1) is 14.8. The van der Waals surface area contributed by atoms with Gasteiger partial charge in [-0.25, -0.2) is 9.18 Å². The van der Waals surface area contributed by atoms with E-state index in [1.165, 1.54) is 30.3 Å². The molecule has 0 amide bonds. The molecule has 0 aliphatic carbocycles. The number of aliphatic hydroxyl groups excluding tert-OH is 1. The topological polar surface area (TPSA) is 57.5 Å². The molecule has 2 aromatic carbocycles. The lowest BCUT2D eigenvalue weighted by atomic mass is 9.99. The normalized spacial score (nSPS) is 12.2. The summed E-state index contributed by atoms with van der Waals surface area (Å²) in [5, 5.41) is 18.9. The quantitative estimate of drug-likeness (QED) is 0.902. The Morgan fingerprint density at radius 2 is 1.85 bits per heavy atom. The van der Waals surface area contributed by atoms with Gasteiger partial charge in [0.2, 0.25) is 0 Å². The summed E-state index contributed by atoms with van der Waals surface area (Å²) in [4.78, 5) is 10.8. The van der Waals surface area contributed by atoms with Crippen LogP contribution in [-0.4, -0.2) is 16.2 Å². The maximum Gasteiger partial charge on any atom is 0.337 e. The van der Waals surface area contributed by atoms with Gasteiger partial charge >= 0.3 is 5.97 Å². The minimum absolute atomic E-state index is 0.101. The first-order chi connectivity index (χ1) is 9.41. The summed E-state index contributed by atoms with van der Waals surface area (Å²) in [6.45, 7) is 0. The van der Waals surface area contributed by atoms with Gasteiger partial charge in [-0.2, -0.15) is 0 Å². The molecule has 0 radical (unpaired) electrons.